The van der Waals surface area contributed by atoms with Crippen LogP contribution in [0.5, 0.6) is 0 Å². The molecule has 0 unspecified atom stereocenters. The van der Waals surface area contributed by atoms with Gasteiger partial charge in [0.1, 0.15) is 23.6 Å². The summed E-state index contributed by atoms with van der Waals surface area (Å²) in [5, 5.41) is 7.40. The number of aryl methyl sites for hydroxylation is 1. The zero-order valence-corrected chi connectivity index (χ0v) is 9.72. The summed E-state index contributed by atoms with van der Waals surface area (Å²) in [6, 6.07) is -0.507. The second-order valence-corrected chi connectivity index (χ2v) is 3.56. The number of aromatic nitrogens is 3. The van der Waals surface area contributed by atoms with Crippen LogP contribution >= 0.6 is 0 Å². The molecule has 0 aromatic carbocycles. The summed E-state index contributed by atoms with van der Waals surface area (Å²) in [4.78, 5) is 19.3. The van der Waals surface area contributed by atoms with Gasteiger partial charge in [-0.25, -0.2) is 9.78 Å². The molecule has 2 aromatic rings. The highest BCUT2D eigenvalue weighted by atomic mass is 16.5. The number of carbonyl (C=O) groups is 1. The van der Waals surface area contributed by atoms with Crippen molar-refractivity contribution in [1.29, 1.82) is 0 Å². The minimum atomic E-state index is -0.507. The van der Waals surface area contributed by atoms with Crippen molar-refractivity contribution < 1.29 is 14.1 Å². The molecule has 7 heteroatoms. The molecule has 2 heterocycles. The van der Waals surface area contributed by atoms with Crippen LogP contribution in [0.3, 0.4) is 0 Å². The number of nitrogens with one attached hydrogen (secondary N) is 1. The van der Waals surface area contributed by atoms with Gasteiger partial charge in [0.05, 0.1) is 12.8 Å². The molecular formula is C10H12N4O3. The quantitative estimate of drug-likeness (QED) is 0.791. The molecule has 2 rings (SSSR count). The van der Waals surface area contributed by atoms with E-state index in [0.717, 1.165) is 0 Å². The smallest absolute Gasteiger partial charge is 0.328 e. The highest BCUT2D eigenvalue weighted by Crippen LogP contribution is 2.22. The Balaban J connectivity index is 2.35. The van der Waals surface area contributed by atoms with E-state index in [1.165, 1.54) is 13.4 Å². The average molecular weight is 236 g/mol. The van der Waals surface area contributed by atoms with E-state index in [1.807, 2.05) is 0 Å². The highest BCUT2D eigenvalue weighted by molar-refractivity contribution is 5.89. The van der Waals surface area contributed by atoms with Gasteiger partial charge in [0, 0.05) is 0 Å². The highest BCUT2D eigenvalue weighted by Gasteiger charge is 2.17. The summed E-state index contributed by atoms with van der Waals surface area (Å²) in [7, 11) is 1.33. The Morgan fingerprint density at radius 3 is 3.00 bits per heavy atom. The number of hydrogen-bond acceptors (Lipinski definition) is 7. The van der Waals surface area contributed by atoms with E-state index in [0.29, 0.717) is 22.6 Å². The van der Waals surface area contributed by atoms with E-state index < -0.39 is 6.04 Å². The average Bonchev–Trinajstić information content (AvgIpc) is 2.71. The van der Waals surface area contributed by atoms with Gasteiger partial charge in [0.25, 0.3) is 5.71 Å². The Kier molecular flexibility index (Phi) is 2.90. The molecule has 0 spiro atoms. The second kappa shape index (κ2) is 4.36. The van der Waals surface area contributed by atoms with Crippen molar-refractivity contribution in [2.45, 2.75) is 19.9 Å². The first-order chi connectivity index (χ1) is 8.13. The lowest BCUT2D eigenvalue weighted by Crippen LogP contribution is -2.27. The van der Waals surface area contributed by atoms with Crippen LogP contribution in [-0.2, 0) is 9.53 Å². The molecule has 90 valence electrons. The maximum Gasteiger partial charge on any atom is 0.328 e. The van der Waals surface area contributed by atoms with Gasteiger partial charge in [-0.3, -0.25) is 0 Å². The Hall–Kier alpha value is -2.18. The lowest BCUT2D eigenvalue weighted by atomic mass is 10.2. The standard InChI is InChI=1S/C10H12N4O3/c1-5-7-8(13-6(2)10(15)16-3)11-4-12-9(7)17-14-5/h4,6H,1-3H3,(H,11,12,13)/t6-/m1/s1. The van der Waals surface area contributed by atoms with Crippen molar-refractivity contribution in [3.63, 3.8) is 0 Å². The molecule has 0 aliphatic rings. The van der Waals surface area contributed by atoms with E-state index in [2.05, 4.69) is 25.2 Å². The number of methoxy groups -OCH3 is 1. The van der Waals surface area contributed by atoms with Crippen molar-refractivity contribution in [1.82, 2.24) is 15.1 Å². The first-order valence-electron chi connectivity index (χ1n) is 5.05. The third-order valence-electron chi connectivity index (χ3n) is 2.35. The van der Waals surface area contributed by atoms with Crippen LogP contribution in [0.25, 0.3) is 11.1 Å². The number of hydrogen-bond donors (Lipinski definition) is 1. The Bertz CT molecular complexity index is 551. The first-order valence-corrected chi connectivity index (χ1v) is 5.05. The number of fused-ring (bicyclic) bond motifs is 1. The largest absolute Gasteiger partial charge is 0.467 e. The minimum absolute atomic E-state index is 0.370. The monoisotopic (exact) mass is 236 g/mol. The van der Waals surface area contributed by atoms with Crippen molar-refractivity contribution in [3.8, 4) is 0 Å². The third-order valence-corrected chi connectivity index (χ3v) is 2.35. The first kappa shape index (κ1) is 11.3. The fourth-order valence-corrected chi connectivity index (χ4v) is 1.47. The molecule has 0 fully saturated rings. The summed E-state index contributed by atoms with van der Waals surface area (Å²) in [5.41, 5.74) is 1.05. The molecule has 2 aromatic heterocycles. The van der Waals surface area contributed by atoms with E-state index in [9.17, 15) is 4.79 Å². The van der Waals surface area contributed by atoms with Gasteiger partial charge >= 0.3 is 5.97 Å². The lowest BCUT2D eigenvalue weighted by molar-refractivity contribution is -0.141. The summed E-state index contributed by atoms with van der Waals surface area (Å²) in [6.07, 6.45) is 1.35. The van der Waals surface area contributed by atoms with Gasteiger partial charge in [-0.05, 0) is 13.8 Å². The molecule has 0 aliphatic carbocycles. The fraction of sp³-hybridized carbons (Fsp3) is 0.400. The van der Waals surface area contributed by atoms with Gasteiger partial charge in [-0.15, -0.1) is 0 Å². The topological polar surface area (TPSA) is 90.1 Å². The molecule has 17 heavy (non-hydrogen) atoms. The normalized spacial score (nSPS) is 12.4. The molecule has 0 aliphatic heterocycles. The predicted molar refractivity (Wildman–Crippen MR) is 59.4 cm³/mol. The molecule has 7 nitrogen and oxygen atoms in total. The molecule has 0 saturated heterocycles. The zero-order chi connectivity index (χ0) is 12.4. The lowest BCUT2D eigenvalue weighted by Gasteiger charge is -2.12. The maximum atomic E-state index is 11.3. The number of anilines is 1. The molecule has 1 N–H and O–H groups in total. The third kappa shape index (κ3) is 2.03. The molecule has 0 amide bonds. The minimum Gasteiger partial charge on any atom is -0.467 e. The number of rotatable bonds is 3. The van der Waals surface area contributed by atoms with Crippen molar-refractivity contribution in [2.75, 3.05) is 12.4 Å². The van der Waals surface area contributed by atoms with E-state index in [4.69, 9.17) is 4.52 Å². The van der Waals surface area contributed by atoms with Gasteiger partial charge < -0.3 is 14.6 Å². The summed E-state index contributed by atoms with van der Waals surface area (Å²) < 4.78 is 9.62. The Morgan fingerprint density at radius 2 is 2.29 bits per heavy atom. The van der Waals surface area contributed by atoms with Crippen LogP contribution in [0.4, 0.5) is 5.82 Å². The summed E-state index contributed by atoms with van der Waals surface area (Å²) in [6.45, 7) is 3.46. The molecule has 0 saturated carbocycles. The van der Waals surface area contributed by atoms with Gasteiger partial charge in [0.15, 0.2) is 0 Å². The number of ether oxygens (including phenoxy) is 1. The summed E-state index contributed by atoms with van der Waals surface area (Å²) in [5.74, 6) is 0.137. The Morgan fingerprint density at radius 1 is 1.53 bits per heavy atom. The maximum absolute atomic E-state index is 11.3. The number of carbonyl (C=O) groups excluding carboxylic acids is 1. The van der Waals surface area contributed by atoms with Gasteiger partial charge in [-0.2, -0.15) is 4.98 Å². The van der Waals surface area contributed by atoms with Gasteiger partial charge in [-0.1, -0.05) is 5.16 Å². The van der Waals surface area contributed by atoms with Crippen LogP contribution < -0.4 is 5.32 Å². The van der Waals surface area contributed by atoms with Gasteiger partial charge in [0.2, 0.25) is 0 Å². The van der Waals surface area contributed by atoms with Crippen LogP contribution in [0.1, 0.15) is 12.6 Å². The summed E-state index contributed by atoms with van der Waals surface area (Å²) >= 11 is 0. The molecular weight excluding hydrogens is 224 g/mol. The van der Waals surface area contributed by atoms with Crippen molar-refractivity contribution in [2.24, 2.45) is 0 Å². The van der Waals surface area contributed by atoms with E-state index in [-0.39, 0.29) is 5.97 Å². The Labute approximate surface area is 97.2 Å². The van der Waals surface area contributed by atoms with E-state index in [1.54, 1.807) is 13.8 Å². The number of esters is 1. The zero-order valence-electron chi connectivity index (χ0n) is 9.72. The molecule has 0 bridgehead atoms. The van der Waals surface area contributed by atoms with Crippen molar-refractivity contribution >= 4 is 22.9 Å². The fourth-order valence-electron chi connectivity index (χ4n) is 1.47. The SMILES string of the molecule is COC(=O)[C@@H](C)Nc1ncnc2onc(C)c12. The van der Waals surface area contributed by atoms with Crippen LogP contribution in [-0.4, -0.2) is 34.2 Å². The molecule has 1 atom stereocenters. The van der Waals surface area contributed by atoms with Crippen LogP contribution in [0, 0.1) is 6.92 Å². The second-order valence-electron chi connectivity index (χ2n) is 3.56. The molecule has 0 radical (unpaired) electrons. The van der Waals surface area contributed by atoms with Crippen LogP contribution in [0.15, 0.2) is 10.9 Å². The predicted octanol–water partition coefficient (Wildman–Crippen LogP) is 0.900. The number of nitrogens with zero attached hydrogens (tertiary/aromatic N) is 3. The van der Waals surface area contributed by atoms with Crippen molar-refractivity contribution in [3.05, 3.63) is 12.0 Å². The van der Waals surface area contributed by atoms with E-state index >= 15 is 0 Å². The van der Waals surface area contributed by atoms with Crippen LogP contribution in [0.2, 0.25) is 0 Å².